The van der Waals surface area contributed by atoms with E-state index in [4.69, 9.17) is 5.73 Å². The first-order chi connectivity index (χ1) is 9.37. The average molecular weight is 321 g/mol. The van der Waals surface area contributed by atoms with E-state index in [0.29, 0.717) is 45.8 Å². The van der Waals surface area contributed by atoms with Gasteiger partial charge >= 0.3 is 6.03 Å². The van der Waals surface area contributed by atoms with Crippen molar-refractivity contribution in [2.45, 2.75) is 27.7 Å². The normalized spacial score (nSPS) is 15.5. The fourth-order valence-corrected chi connectivity index (χ4v) is 2.31. The van der Waals surface area contributed by atoms with E-state index >= 15 is 0 Å². The summed E-state index contributed by atoms with van der Waals surface area (Å²) in [6.07, 6.45) is 0. The van der Waals surface area contributed by atoms with Crippen molar-refractivity contribution in [3.05, 3.63) is 0 Å². The number of amides is 3. The van der Waals surface area contributed by atoms with E-state index in [1.54, 1.807) is 4.90 Å². The summed E-state index contributed by atoms with van der Waals surface area (Å²) in [6.45, 7) is 11.8. The summed E-state index contributed by atoms with van der Waals surface area (Å²) in [5.74, 6) is 0.0786. The van der Waals surface area contributed by atoms with Crippen LogP contribution in [0, 0.1) is 5.41 Å². The van der Waals surface area contributed by atoms with Crippen LogP contribution in [0.4, 0.5) is 4.79 Å². The minimum Gasteiger partial charge on any atom is -0.339 e. The van der Waals surface area contributed by atoms with Gasteiger partial charge < -0.3 is 20.4 Å². The zero-order chi connectivity index (χ0) is 15.3. The Morgan fingerprint density at radius 1 is 1.05 bits per heavy atom. The molecule has 3 amide bonds. The number of halogens is 1. The van der Waals surface area contributed by atoms with E-state index in [1.807, 2.05) is 37.5 Å². The molecule has 1 rings (SSSR count). The van der Waals surface area contributed by atoms with E-state index in [1.165, 1.54) is 0 Å². The summed E-state index contributed by atoms with van der Waals surface area (Å²) in [6, 6.07) is 0.0696. The Balaban J connectivity index is 0.00000400. The van der Waals surface area contributed by atoms with Crippen molar-refractivity contribution in [2.24, 2.45) is 11.1 Å². The minimum absolute atomic E-state index is 0. The van der Waals surface area contributed by atoms with E-state index < -0.39 is 5.41 Å². The molecule has 6 nitrogen and oxygen atoms in total. The van der Waals surface area contributed by atoms with Crippen LogP contribution >= 0.6 is 12.4 Å². The van der Waals surface area contributed by atoms with Gasteiger partial charge in [0.1, 0.15) is 0 Å². The van der Waals surface area contributed by atoms with Crippen LogP contribution in [-0.4, -0.2) is 72.5 Å². The fourth-order valence-electron chi connectivity index (χ4n) is 2.31. The molecule has 0 radical (unpaired) electrons. The number of nitrogens with zero attached hydrogens (tertiary/aromatic N) is 3. The van der Waals surface area contributed by atoms with E-state index in [2.05, 4.69) is 0 Å². The Labute approximate surface area is 134 Å². The van der Waals surface area contributed by atoms with Crippen LogP contribution in [0.3, 0.4) is 0 Å². The Morgan fingerprint density at radius 2 is 1.48 bits per heavy atom. The van der Waals surface area contributed by atoms with Crippen molar-refractivity contribution in [2.75, 3.05) is 45.8 Å². The van der Waals surface area contributed by atoms with Crippen LogP contribution in [0.15, 0.2) is 0 Å². The molecule has 1 fully saturated rings. The van der Waals surface area contributed by atoms with Crippen LogP contribution in [0.25, 0.3) is 0 Å². The number of hydrogen-bond donors (Lipinski definition) is 1. The predicted molar refractivity (Wildman–Crippen MR) is 86.6 cm³/mol. The van der Waals surface area contributed by atoms with Crippen molar-refractivity contribution in [1.29, 1.82) is 0 Å². The van der Waals surface area contributed by atoms with Crippen molar-refractivity contribution < 1.29 is 9.59 Å². The third-order valence-electron chi connectivity index (χ3n) is 3.96. The molecule has 0 bridgehead atoms. The molecule has 1 saturated heterocycles. The van der Waals surface area contributed by atoms with Gasteiger partial charge in [0.15, 0.2) is 0 Å². The Morgan fingerprint density at radius 3 is 1.86 bits per heavy atom. The molecule has 0 aromatic rings. The lowest BCUT2D eigenvalue weighted by atomic mass is 9.91. The van der Waals surface area contributed by atoms with E-state index in [0.717, 1.165) is 0 Å². The Kier molecular flexibility index (Phi) is 8.03. The number of urea groups is 1. The molecule has 1 heterocycles. The third-order valence-corrected chi connectivity index (χ3v) is 3.96. The summed E-state index contributed by atoms with van der Waals surface area (Å²) < 4.78 is 0. The molecule has 1 aliphatic rings. The van der Waals surface area contributed by atoms with Gasteiger partial charge in [-0.1, -0.05) is 0 Å². The highest BCUT2D eigenvalue weighted by molar-refractivity contribution is 5.85. The van der Waals surface area contributed by atoms with E-state index in [-0.39, 0.29) is 24.3 Å². The molecule has 0 aromatic carbocycles. The quantitative estimate of drug-likeness (QED) is 0.840. The first kappa shape index (κ1) is 20.0. The molecular weight excluding hydrogens is 292 g/mol. The topological polar surface area (TPSA) is 69.9 Å². The number of hydrogen-bond acceptors (Lipinski definition) is 3. The molecule has 0 aliphatic carbocycles. The van der Waals surface area contributed by atoms with Crippen molar-refractivity contribution in [3.8, 4) is 0 Å². The number of carbonyl (C=O) groups excluding carboxylic acids is 2. The van der Waals surface area contributed by atoms with Crippen LogP contribution in [0.2, 0.25) is 0 Å². The van der Waals surface area contributed by atoms with Crippen molar-refractivity contribution in [3.63, 3.8) is 0 Å². The summed E-state index contributed by atoms with van der Waals surface area (Å²) in [5.41, 5.74) is 5.12. The van der Waals surface area contributed by atoms with Crippen LogP contribution in [0.5, 0.6) is 0 Å². The van der Waals surface area contributed by atoms with Crippen LogP contribution < -0.4 is 5.73 Å². The largest absolute Gasteiger partial charge is 0.339 e. The predicted octanol–water partition coefficient (Wildman–Crippen LogP) is 0.999. The molecular formula is C14H29ClN4O2. The zero-order valence-corrected chi connectivity index (χ0v) is 14.4. The summed E-state index contributed by atoms with van der Waals surface area (Å²) >= 11 is 0. The molecule has 7 heteroatoms. The number of piperazine rings is 1. The minimum atomic E-state index is -0.523. The van der Waals surface area contributed by atoms with E-state index in [9.17, 15) is 9.59 Å². The van der Waals surface area contributed by atoms with Gasteiger partial charge in [0.25, 0.3) is 0 Å². The SMILES string of the molecule is CCN(CC)C(=O)N1CCN(C(=O)C(C)(C)CN)CC1.Cl. The lowest BCUT2D eigenvalue weighted by molar-refractivity contribution is -0.141. The highest BCUT2D eigenvalue weighted by Gasteiger charge is 2.33. The fraction of sp³-hybridized carbons (Fsp3) is 0.857. The molecule has 21 heavy (non-hydrogen) atoms. The lowest BCUT2D eigenvalue weighted by Gasteiger charge is -2.39. The lowest BCUT2D eigenvalue weighted by Crippen LogP contribution is -2.56. The van der Waals surface area contributed by atoms with Crippen LogP contribution in [0.1, 0.15) is 27.7 Å². The molecule has 124 valence electrons. The summed E-state index contributed by atoms with van der Waals surface area (Å²) in [7, 11) is 0. The van der Waals surface area contributed by atoms with Gasteiger partial charge in [-0.05, 0) is 27.7 Å². The summed E-state index contributed by atoms with van der Waals surface area (Å²) in [5, 5.41) is 0. The molecule has 0 spiro atoms. The van der Waals surface area contributed by atoms with Gasteiger partial charge in [0.2, 0.25) is 5.91 Å². The van der Waals surface area contributed by atoms with Gasteiger partial charge in [-0.25, -0.2) is 4.79 Å². The third kappa shape index (κ3) is 4.74. The number of carbonyl (C=O) groups is 2. The monoisotopic (exact) mass is 320 g/mol. The standard InChI is InChI=1S/C14H28N4O2.ClH/c1-5-16(6-2)13(20)18-9-7-17(8-10-18)12(19)14(3,4)11-15;/h5-11,15H2,1-4H3;1H. The second-order valence-corrected chi connectivity index (χ2v) is 5.82. The maximum atomic E-state index is 12.3. The first-order valence-corrected chi connectivity index (χ1v) is 7.40. The zero-order valence-electron chi connectivity index (χ0n) is 13.6. The summed E-state index contributed by atoms with van der Waals surface area (Å²) in [4.78, 5) is 30.0. The van der Waals surface area contributed by atoms with Crippen LogP contribution in [-0.2, 0) is 4.79 Å². The highest BCUT2D eigenvalue weighted by Crippen LogP contribution is 2.18. The molecule has 0 unspecified atom stereocenters. The Bertz CT molecular complexity index is 351. The highest BCUT2D eigenvalue weighted by atomic mass is 35.5. The maximum absolute atomic E-state index is 12.3. The van der Waals surface area contributed by atoms with Gasteiger partial charge in [-0.15, -0.1) is 12.4 Å². The first-order valence-electron chi connectivity index (χ1n) is 7.40. The number of rotatable bonds is 4. The molecule has 1 aliphatic heterocycles. The van der Waals surface area contributed by atoms with Gasteiger partial charge in [-0.3, -0.25) is 4.79 Å². The van der Waals surface area contributed by atoms with Gasteiger partial charge in [0.05, 0.1) is 5.41 Å². The maximum Gasteiger partial charge on any atom is 0.320 e. The van der Waals surface area contributed by atoms with Crippen molar-refractivity contribution >= 4 is 24.3 Å². The van der Waals surface area contributed by atoms with Gasteiger partial charge in [0, 0.05) is 45.8 Å². The molecule has 0 atom stereocenters. The number of nitrogens with two attached hydrogens (primary N) is 1. The second-order valence-electron chi connectivity index (χ2n) is 5.82. The molecule has 2 N–H and O–H groups in total. The van der Waals surface area contributed by atoms with Gasteiger partial charge in [-0.2, -0.15) is 0 Å². The average Bonchev–Trinajstić information content (AvgIpc) is 2.47. The smallest absolute Gasteiger partial charge is 0.320 e. The Hall–Kier alpha value is -1.01. The molecule has 0 aromatic heterocycles. The molecule has 0 saturated carbocycles. The second kappa shape index (κ2) is 8.44. The van der Waals surface area contributed by atoms with Crippen molar-refractivity contribution in [1.82, 2.24) is 14.7 Å².